The van der Waals surface area contributed by atoms with Crippen LogP contribution in [0, 0.1) is 13.8 Å². The maximum Gasteiger partial charge on any atom is 0.180 e. The number of carbonyl (C=O) groups excluding carboxylic acids is 2. The molecule has 0 fully saturated rings. The molecule has 4 rings (SSSR count). The molecule has 0 spiro atoms. The van der Waals surface area contributed by atoms with Crippen molar-refractivity contribution in [2.24, 2.45) is 0 Å². The summed E-state index contributed by atoms with van der Waals surface area (Å²) in [6.45, 7) is 3.77. The second-order valence-corrected chi connectivity index (χ2v) is 6.28. The summed E-state index contributed by atoms with van der Waals surface area (Å²) in [5.41, 5.74) is 3.91. The summed E-state index contributed by atoms with van der Waals surface area (Å²) >= 11 is 0. The van der Waals surface area contributed by atoms with Crippen LogP contribution in [-0.4, -0.2) is 21.7 Å². The van der Waals surface area contributed by atoms with Gasteiger partial charge in [0.1, 0.15) is 11.7 Å². The molecule has 1 aromatic heterocycles. The van der Waals surface area contributed by atoms with Gasteiger partial charge in [-0.05, 0) is 49.7 Å². The molecule has 0 amide bonds. The Morgan fingerprint density at radius 1 is 0.958 bits per heavy atom. The van der Waals surface area contributed by atoms with Crippen LogP contribution < -0.4 is 0 Å². The fourth-order valence-corrected chi connectivity index (χ4v) is 3.47. The number of aromatic hydroxyl groups is 1. The molecule has 3 aromatic rings. The highest BCUT2D eigenvalue weighted by Gasteiger charge is 2.41. The van der Waals surface area contributed by atoms with E-state index in [0.29, 0.717) is 22.3 Å². The first kappa shape index (κ1) is 14.6. The predicted molar refractivity (Wildman–Crippen MR) is 90.7 cm³/mol. The smallest absolute Gasteiger partial charge is 0.180 e. The number of hydrogen-bond donors (Lipinski definition) is 1. The quantitative estimate of drug-likeness (QED) is 0.695. The highest BCUT2D eigenvalue weighted by molar-refractivity contribution is 6.30. The normalized spacial score (nSPS) is 16.7. The minimum atomic E-state index is -0.876. The Morgan fingerprint density at radius 2 is 1.75 bits per heavy atom. The number of nitrogens with zero attached hydrogens (tertiary/aromatic N) is 1. The van der Waals surface area contributed by atoms with Crippen LogP contribution >= 0.6 is 0 Å². The van der Waals surface area contributed by atoms with E-state index in [1.165, 1.54) is 0 Å². The van der Waals surface area contributed by atoms with Gasteiger partial charge in [-0.15, -0.1) is 0 Å². The zero-order valence-corrected chi connectivity index (χ0v) is 13.3. The molecule has 1 heterocycles. The highest BCUT2D eigenvalue weighted by Crippen LogP contribution is 2.36. The summed E-state index contributed by atoms with van der Waals surface area (Å²) < 4.78 is 0. The Labute approximate surface area is 138 Å². The maximum absolute atomic E-state index is 12.8. The van der Waals surface area contributed by atoms with Gasteiger partial charge in [-0.2, -0.15) is 0 Å². The Morgan fingerprint density at radius 3 is 2.54 bits per heavy atom. The molecule has 1 N–H and O–H groups in total. The van der Waals surface area contributed by atoms with Gasteiger partial charge in [0, 0.05) is 16.5 Å². The van der Waals surface area contributed by atoms with Crippen LogP contribution in [0.25, 0.3) is 10.9 Å². The zero-order chi connectivity index (χ0) is 17.0. The summed E-state index contributed by atoms with van der Waals surface area (Å²) in [6, 6.07) is 12.0. The number of Topliss-reactive ketones (excluding diaryl/α,β-unsaturated/α-hetero) is 2. The number of aromatic nitrogens is 1. The van der Waals surface area contributed by atoms with Crippen molar-refractivity contribution in [2.45, 2.75) is 19.8 Å². The van der Waals surface area contributed by atoms with Gasteiger partial charge in [0.15, 0.2) is 11.6 Å². The molecule has 0 saturated carbocycles. The number of benzene rings is 2. The van der Waals surface area contributed by atoms with Gasteiger partial charge in [0.25, 0.3) is 0 Å². The fourth-order valence-electron chi connectivity index (χ4n) is 3.47. The molecular formula is C20H15NO3. The lowest BCUT2D eigenvalue weighted by Gasteiger charge is -2.08. The summed E-state index contributed by atoms with van der Waals surface area (Å²) in [4.78, 5) is 30.1. The SMILES string of the molecule is Cc1cc(C)c2c(c1)C(=O)[C@@H](c1ccc3cc(O)ccc3n1)C2=O. The van der Waals surface area contributed by atoms with Crippen molar-refractivity contribution < 1.29 is 14.7 Å². The molecule has 24 heavy (non-hydrogen) atoms. The molecule has 1 aliphatic carbocycles. The third-order valence-corrected chi connectivity index (χ3v) is 4.51. The van der Waals surface area contributed by atoms with Gasteiger partial charge < -0.3 is 5.11 Å². The van der Waals surface area contributed by atoms with E-state index in [9.17, 15) is 14.7 Å². The number of carbonyl (C=O) groups is 2. The summed E-state index contributed by atoms with van der Waals surface area (Å²) in [5, 5.41) is 10.3. The van der Waals surface area contributed by atoms with E-state index in [2.05, 4.69) is 4.98 Å². The van der Waals surface area contributed by atoms with E-state index in [1.54, 1.807) is 36.4 Å². The second-order valence-electron chi connectivity index (χ2n) is 6.28. The van der Waals surface area contributed by atoms with Crippen LogP contribution in [-0.2, 0) is 0 Å². The van der Waals surface area contributed by atoms with E-state index in [-0.39, 0.29) is 17.3 Å². The topological polar surface area (TPSA) is 67.3 Å². The number of phenolic OH excluding ortho intramolecular Hbond substituents is 1. The van der Waals surface area contributed by atoms with E-state index < -0.39 is 5.92 Å². The second kappa shape index (κ2) is 4.99. The zero-order valence-electron chi connectivity index (χ0n) is 13.3. The van der Waals surface area contributed by atoms with E-state index >= 15 is 0 Å². The predicted octanol–water partition coefficient (Wildman–Crippen LogP) is 3.72. The lowest BCUT2D eigenvalue weighted by molar-refractivity contribution is 0.0888. The van der Waals surface area contributed by atoms with Crippen molar-refractivity contribution in [1.29, 1.82) is 0 Å². The molecule has 1 atom stereocenters. The highest BCUT2D eigenvalue weighted by atomic mass is 16.3. The molecule has 0 saturated heterocycles. The number of phenols is 1. The average molecular weight is 317 g/mol. The van der Waals surface area contributed by atoms with Crippen molar-refractivity contribution in [3.8, 4) is 5.75 Å². The largest absolute Gasteiger partial charge is 0.508 e. The number of pyridine rings is 1. The molecule has 4 heteroatoms. The minimum absolute atomic E-state index is 0.156. The van der Waals surface area contributed by atoms with Gasteiger partial charge in [0.05, 0.1) is 11.2 Å². The number of fused-ring (bicyclic) bond motifs is 2. The molecule has 0 unspecified atom stereocenters. The monoisotopic (exact) mass is 317 g/mol. The molecule has 0 aliphatic heterocycles. The van der Waals surface area contributed by atoms with E-state index in [0.717, 1.165) is 16.5 Å². The van der Waals surface area contributed by atoms with Gasteiger partial charge in [0.2, 0.25) is 0 Å². The molecule has 1 aliphatic rings. The summed E-state index contributed by atoms with van der Waals surface area (Å²) in [6.07, 6.45) is 0. The molecule has 118 valence electrons. The van der Waals surface area contributed by atoms with Crippen molar-refractivity contribution >= 4 is 22.5 Å². The van der Waals surface area contributed by atoms with Crippen molar-refractivity contribution in [3.05, 3.63) is 70.4 Å². The van der Waals surface area contributed by atoms with Gasteiger partial charge in [-0.1, -0.05) is 17.7 Å². The summed E-state index contributed by atoms with van der Waals surface area (Å²) in [5.74, 6) is -1.09. The first-order valence-corrected chi connectivity index (χ1v) is 7.75. The van der Waals surface area contributed by atoms with Crippen molar-refractivity contribution in [3.63, 3.8) is 0 Å². The van der Waals surface area contributed by atoms with Crippen molar-refractivity contribution in [2.75, 3.05) is 0 Å². The van der Waals surface area contributed by atoms with Gasteiger partial charge in [-0.25, -0.2) is 0 Å². The fraction of sp³-hybridized carbons (Fsp3) is 0.150. The Kier molecular flexibility index (Phi) is 3.03. The van der Waals surface area contributed by atoms with Crippen LogP contribution in [0.5, 0.6) is 5.75 Å². The van der Waals surface area contributed by atoms with Crippen LogP contribution in [0.15, 0.2) is 42.5 Å². The number of ketones is 2. The maximum atomic E-state index is 12.8. The van der Waals surface area contributed by atoms with Crippen LogP contribution in [0.2, 0.25) is 0 Å². The molecule has 2 aromatic carbocycles. The van der Waals surface area contributed by atoms with Crippen LogP contribution in [0.3, 0.4) is 0 Å². The Hall–Kier alpha value is -3.01. The van der Waals surface area contributed by atoms with Crippen molar-refractivity contribution in [1.82, 2.24) is 4.98 Å². The molecule has 4 nitrogen and oxygen atoms in total. The van der Waals surface area contributed by atoms with E-state index in [1.807, 2.05) is 19.9 Å². The Balaban J connectivity index is 1.86. The first-order chi connectivity index (χ1) is 11.5. The van der Waals surface area contributed by atoms with E-state index in [4.69, 9.17) is 0 Å². The first-order valence-electron chi connectivity index (χ1n) is 7.75. The standard InChI is InChI=1S/C20H15NO3/c1-10-7-11(2)17-14(8-10)19(23)18(20(17)24)16-5-3-12-9-13(22)4-6-15(12)21-16/h3-9,18,22H,1-2H3/t18-/m1/s1. The number of hydrogen-bond acceptors (Lipinski definition) is 4. The van der Waals surface area contributed by atoms with Crippen LogP contribution in [0.1, 0.15) is 43.5 Å². The third-order valence-electron chi connectivity index (χ3n) is 4.51. The molecule has 0 bridgehead atoms. The summed E-state index contributed by atoms with van der Waals surface area (Å²) in [7, 11) is 0. The van der Waals surface area contributed by atoms with Gasteiger partial charge in [-0.3, -0.25) is 14.6 Å². The van der Waals surface area contributed by atoms with Crippen LogP contribution in [0.4, 0.5) is 0 Å². The molecule has 0 radical (unpaired) electrons. The third kappa shape index (κ3) is 2.03. The van der Waals surface area contributed by atoms with Gasteiger partial charge >= 0.3 is 0 Å². The number of aryl methyl sites for hydroxylation is 2. The average Bonchev–Trinajstić information content (AvgIpc) is 2.78. The minimum Gasteiger partial charge on any atom is -0.508 e. The number of rotatable bonds is 1. The lowest BCUT2D eigenvalue weighted by Crippen LogP contribution is -2.14. The Bertz CT molecular complexity index is 1040. The molecular weight excluding hydrogens is 302 g/mol. The lowest BCUT2D eigenvalue weighted by atomic mass is 9.98.